The van der Waals surface area contributed by atoms with Crippen molar-refractivity contribution in [2.75, 3.05) is 12.8 Å². The standard InChI is InChI=1S/C13H15FN4O/c1-17-7-6-16-11(17)8-18(2)13(19)9-4-3-5-10(14)12(9)15/h3-7H,8,15H2,1-2H3. The molecule has 0 radical (unpaired) electrons. The first-order valence-corrected chi connectivity index (χ1v) is 5.76. The number of anilines is 1. The first kappa shape index (κ1) is 13.1. The van der Waals surface area contributed by atoms with Gasteiger partial charge in [0.2, 0.25) is 0 Å². The Morgan fingerprint density at radius 2 is 2.26 bits per heavy atom. The molecule has 2 N–H and O–H groups in total. The second-order valence-electron chi connectivity index (χ2n) is 4.32. The van der Waals surface area contributed by atoms with Crippen molar-refractivity contribution >= 4 is 11.6 Å². The molecule has 0 aliphatic carbocycles. The molecule has 0 bridgehead atoms. The van der Waals surface area contributed by atoms with Crippen LogP contribution in [-0.2, 0) is 13.6 Å². The van der Waals surface area contributed by atoms with Crippen LogP contribution in [0.2, 0.25) is 0 Å². The van der Waals surface area contributed by atoms with E-state index in [1.807, 2.05) is 11.6 Å². The van der Waals surface area contributed by atoms with Gasteiger partial charge < -0.3 is 15.2 Å². The Bertz CT molecular complexity index is 608. The smallest absolute Gasteiger partial charge is 0.256 e. The van der Waals surface area contributed by atoms with E-state index >= 15 is 0 Å². The van der Waals surface area contributed by atoms with Gasteiger partial charge in [0.1, 0.15) is 11.6 Å². The Hall–Kier alpha value is -2.37. The zero-order valence-electron chi connectivity index (χ0n) is 10.8. The number of nitrogens with two attached hydrogens (primary N) is 1. The molecule has 0 atom stereocenters. The van der Waals surface area contributed by atoms with Crippen LogP contribution in [0.25, 0.3) is 0 Å². The van der Waals surface area contributed by atoms with Crippen LogP contribution in [0.5, 0.6) is 0 Å². The van der Waals surface area contributed by atoms with E-state index in [1.54, 1.807) is 19.4 Å². The lowest BCUT2D eigenvalue weighted by Crippen LogP contribution is -2.28. The van der Waals surface area contributed by atoms with Gasteiger partial charge in [0.15, 0.2) is 0 Å². The van der Waals surface area contributed by atoms with E-state index in [2.05, 4.69) is 4.98 Å². The third-order valence-electron chi connectivity index (χ3n) is 2.93. The first-order valence-electron chi connectivity index (χ1n) is 5.76. The number of carbonyl (C=O) groups excluding carboxylic acids is 1. The van der Waals surface area contributed by atoms with Crippen LogP contribution >= 0.6 is 0 Å². The third kappa shape index (κ3) is 2.57. The molecular weight excluding hydrogens is 247 g/mol. The van der Waals surface area contributed by atoms with Gasteiger partial charge >= 0.3 is 0 Å². The zero-order valence-corrected chi connectivity index (χ0v) is 10.8. The van der Waals surface area contributed by atoms with Gasteiger partial charge in [-0.3, -0.25) is 4.79 Å². The van der Waals surface area contributed by atoms with Crippen molar-refractivity contribution in [1.82, 2.24) is 14.5 Å². The maximum atomic E-state index is 13.3. The first-order chi connectivity index (χ1) is 9.00. The van der Waals surface area contributed by atoms with E-state index in [-0.39, 0.29) is 17.2 Å². The minimum absolute atomic E-state index is 0.126. The molecule has 1 amide bonds. The number of halogens is 1. The van der Waals surface area contributed by atoms with Gasteiger partial charge in [-0.15, -0.1) is 0 Å². The Kier molecular flexibility index (Phi) is 3.50. The van der Waals surface area contributed by atoms with E-state index in [4.69, 9.17) is 5.73 Å². The summed E-state index contributed by atoms with van der Waals surface area (Å²) < 4.78 is 15.2. The highest BCUT2D eigenvalue weighted by molar-refractivity contribution is 5.99. The number of rotatable bonds is 3. The highest BCUT2D eigenvalue weighted by atomic mass is 19.1. The number of hydrogen-bond acceptors (Lipinski definition) is 3. The number of para-hydroxylation sites is 1. The molecule has 1 aromatic carbocycles. The molecule has 0 fully saturated rings. The van der Waals surface area contributed by atoms with Crippen LogP contribution < -0.4 is 5.73 Å². The van der Waals surface area contributed by atoms with E-state index in [9.17, 15) is 9.18 Å². The molecule has 2 aromatic rings. The van der Waals surface area contributed by atoms with E-state index in [1.165, 1.54) is 23.1 Å². The fourth-order valence-corrected chi connectivity index (χ4v) is 1.76. The molecule has 100 valence electrons. The summed E-state index contributed by atoms with van der Waals surface area (Å²) in [6.45, 7) is 0.332. The normalized spacial score (nSPS) is 10.5. The van der Waals surface area contributed by atoms with Crippen molar-refractivity contribution in [3.05, 3.63) is 47.8 Å². The third-order valence-corrected chi connectivity index (χ3v) is 2.93. The van der Waals surface area contributed by atoms with E-state index in [0.717, 1.165) is 5.82 Å². The molecule has 1 aromatic heterocycles. The Labute approximate surface area is 110 Å². The number of aryl methyl sites for hydroxylation is 1. The predicted octanol–water partition coefficient (Wildman–Crippen LogP) is 1.41. The van der Waals surface area contributed by atoms with Crippen LogP contribution in [0.1, 0.15) is 16.2 Å². The summed E-state index contributed by atoms with van der Waals surface area (Å²) in [6.07, 6.45) is 3.45. The maximum Gasteiger partial charge on any atom is 0.256 e. The molecule has 6 heteroatoms. The van der Waals surface area contributed by atoms with Gasteiger partial charge in [0, 0.05) is 26.5 Å². The quantitative estimate of drug-likeness (QED) is 0.851. The second kappa shape index (κ2) is 5.09. The minimum Gasteiger partial charge on any atom is -0.396 e. The average molecular weight is 262 g/mol. The molecule has 2 rings (SSSR count). The molecule has 0 aliphatic rings. The zero-order chi connectivity index (χ0) is 14.0. The number of carbonyl (C=O) groups is 1. The van der Waals surface area contributed by atoms with Crippen LogP contribution in [0, 0.1) is 5.82 Å². The van der Waals surface area contributed by atoms with Gasteiger partial charge in [-0.2, -0.15) is 0 Å². The Balaban J connectivity index is 2.20. The van der Waals surface area contributed by atoms with E-state index < -0.39 is 5.82 Å². The highest BCUT2D eigenvalue weighted by Crippen LogP contribution is 2.18. The fourth-order valence-electron chi connectivity index (χ4n) is 1.76. The molecule has 0 unspecified atom stereocenters. The van der Waals surface area contributed by atoms with Crippen molar-refractivity contribution in [3.8, 4) is 0 Å². The Morgan fingerprint density at radius 1 is 1.53 bits per heavy atom. The van der Waals surface area contributed by atoms with Crippen molar-refractivity contribution in [2.24, 2.45) is 7.05 Å². The van der Waals surface area contributed by atoms with Crippen LogP contribution in [-0.4, -0.2) is 27.4 Å². The van der Waals surface area contributed by atoms with Gasteiger partial charge in [-0.05, 0) is 12.1 Å². The average Bonchev–Trinajstić information content (AvgIpc) is 2.77. The molecule has 1 heterocycles. The number of amides is 1. The predicted molar refractivity (Wildman–Crippen MR) is 69.8 cm³/mol. The molecular formula is C13H15FN4O. The summed E-state index contributed by atoms with van der Waals surface area (Å²) in [6, 6.07) is 4.20. The summed E-state index contributed by atoms with van der Waals surface area (Å²) in [5.74, 6) is -0.179. The maximum absolute atomic E-state index is 13.3. The molecule has 0 aliphatic heterocycles. The van der Waals surface area contributed by atoms with Crippen molar-refractivity contribution in [3.63, 3.8) is 0 Å². The summed E-state index contributed by atoms with van der Waals surface area (Å²) in [5, 5.41) is 0. The molecule has 5 nitrogen and oxygen atoms in total. The van der Waals surface area contributed by atoms with Crippen molar-refractivity contribution < 1.29 is 9.18 Å². The molecule has 0 saturated carbocycles. The lowest BCUT2D eigenvalue weighted by molar-refractivity contribution is 0.0781. The molecule has 19 heavy (non-hydrogen) atoms. The minimum atomic E-state index is -0.587. The largest absolute Gasteiger partial charge is 0.396 e. The van der Waals surface area contributed by atoms with Gasteiger partial charge in [-0.25, -0.2) is 9.37 Å². The van der Waals surface area contributed by atoms with Gasteiger partial charge in [0.05, 0.1) is 17.8 Å². The van der Waals surface area contributed by atoms with Crippen LogP contribution in [0.4, 0.5) is 10.1 Å². The summed E-state index contributed by atoms with van der Waals surface area (Å²) in [4.78, 5) is 17.8. The number of nitrogen functional groups attached to an aromatic ring is 1. The fraction of sp³-hybridized carbons (Fsp3) is 0.231. The monoisotopic (exact) mass is 262 g/mol. The topological polar surface area (TPSA) is 64.2 Å². The molecule has 0 saturated heterocycles. The van der Waals surface area contributed by atoms with Gasteiger partial charge in [-0.1, -0.05) is 6.07 Å². The highest BCUT2D eigenvalue weighted by Gasteiger charge is 2.17. The second-order valence-corrected chi connectivity index (χ2v) is 4.32. The lowest BCUT2D eigenvalue weighted by atomic mass is 10.1. The van der Waals surface area contributed by atoms with Crippen LogP contribution in [0.3, 0.4) is 0 Å². The van der Waals surface area contributed by atoms with E-state index in [0.29, 0.717) is 6.54 Å². The Morgan fingerprint density at radius 3 is 2.89 bits per heavy atom. The molecule has 0 spiro atoms. The van der Waals surface area contributed by atoms with Gasteiger partial charge in [0.25, 0.3) is 5.91 Å². The van der Waals surface area contributed by atoms with Crippen molar-refractivity contribution in [2.45, 2.75) is 6.54 Å². The summed E-state index contributed by atoms with van der Waals surface area (Å²) in [5.41, 5.74) is 5.62. The number of nitrogens with zero attached hydrogens (tertiary/aromatic N) is 3. The SMILES string of the molecule is CN(Cc1nccn1C)C(=O)c1cccc(F)c1N. The number of hydrogen-bond donors (Lipinski definition) is 1. The summed E-state index contributed by atoms with van der Waals surface area (Å²) in [7, 11) is 3.47. The number of benzene rings is 1. The summed E-state index contributed by atoms with van der Waals surface area (Å²) >= 11 is 0. The van der Waals surface area contributed by atoms with Crippen LogP contribution in [0.15, 0.2) is 30.6 Å². The van der Waals surface area contributed by atoms with Crippen molar-refractivity contribution in [1.29, 1.82) is 0 Å². The number of aromatic nitrogens is 2. The number of imidazole rings is 1. The lowest BCUT2D eigenvalue weighted by Gasteiger charge is -2.18.